The largest absolute Gasteiger partial charge is 0.318 e. The number of hydrazone groups is 1. The highest BCUT2D eigenvalue weighted by atomic mass is 79.9. The molecule has 4 nitrogen and oxygen atoms in total. The molecular formula is C21H20BrN3O. The third-order valence-electron chi connectivity index (χ3n) is 4.31. The minimum absolute atomic E-state index is 0.207. The third kappa shape index (κ3) is 3.78. The Balaban J connectivity index is 1.79. The lowest BCUT2D eigenvalue weighted by Gasteiger charge is -2.09. The maximum absolute atomic E-state index is 12.2. The fraction of sp³-hybridized carbons (Fsp3) is 0.143. The number of amides is 1. The number of carbonyl (C=O) groups is 1. The smallest absolute Gasteiger partial charge is 0.271 e. The van der Waals surface area contributed by atoms with Gasteiger partial charge in [-0.25, -0.2) is 5.43 Å². The van der Waals surface area contributed by atoms with Crippen molar-refractivity contribution in [1.29, 1.82) is 0 Å². The van der Waals surface area contributed by atoms with Crippen LogP contribution in [0.3, 0.4) is 0 Å². The van der Waals surface area contributed by atoms with Crippen LogP contribution < -0.4 is 5.43 Å². The summed E-state index contributed by atoms with van der Waals surface area (Å²) in [4.78, 5) is 12.2. The van der Waals surface area contributed by atoms with Gasteiger partial charge >= 0.3 is 0 Å². The van der Waals surface area contributed by atoms with Crippen molar-refractivity contribution in [2.75, 3.05) is 0 Å². The molecule has 0 aliphatic rings. The Morgan fingerprint density at radius 2 is 1.77 bits per heavy atom. The summed E-state index contributed by atoms with van der Waals surface area (Å²) in [5.41, 5.74) is 8.39. The molecule has 0 aliphatic heterocycles. The number of halogens is 1. The Kier molecular flexibility index (Phi) is 5.38. The number of aromatic nitrogens is 1. The normalized spacial score (nSPS) is 11.1. The number of nitrogens with one attached hydrogen (secondary N) is 1. The summed E-state index contributed by atoms with van der Waals surface area (Å²) in [7, 11) is 0. The number of nitrogens with zero attached hydrogens (tertiary/aromatic N) is 2. The Morgan fingerprint density at radius 3 is 2.46 bits per heavy atom. The maximum atomic E-state index is 12.2. The van der Waals surface area contributed by atoms with E-state index in [0.717, 1.165) is 32.7 Å². The molecule has 1 N–H and O–H groups in total. The molecule has 132 valence electrons. The van der Waals surface area contributed by atoms with E-state index in [1.807, 2.05) is 44.2 Å². The summed E-state index contributed by atoms with van der Waals surface area (Å²) < 4.78 is 3.21. The van der Waals surface area contributed by atoms with E-state index in [4.69, 9.17) is 0 Å². The van der Waals surface area contributed by atoms with Crippen LogP contribution in [0, 0.1) is 20.8 Å². The molecule has 26 heavy (non-hydrogen) atoms. The van der Waals surface area contributed by atoms with Crippen LogP contribution in [0.5, 0.6) is 0 Å². The van der Waals surface area contributed by atoms with Gasteiger partial charge < -0.3 is 4.57 Å². The Morgan fingerprint density at radius 1 is 1.08 bits per heavy atom. The van der Waals surface area contributed by atoms with Crippen molar-refractivity contribution >= 4 is 28.1 Å². The zero-order valence-corrected chi connectivity index (χ0v) is 16.5. The predicted molar refractivity (Wildman–Crippen MR) is 109 cm³/mol. The van der Waals surface area contributed by atoms with Crippen LogP contribution in [0.4, 0.5) is 0 Å². The van der Waals surface area contributed by atoms with Crippen molar-refractivity contribution in [2.45, 2.75) is 20.8 Å². The zero-order valence-electron chi connectivity index (χ0n) is 15.0. The molecule has 0 saturated carbocycles. The van der Waals surface area contributed by atoms with Gasteiger partial charge in [0.2, 0.25) is 0 Å². The van der Waals surface area contributed by atoms with Crippen LogP contribution in [-0.4, -0.2) is 16.7 Å². The van der Waals surface area contributed by atoms with Gasteiger partial charge in [0, 0.05) is 32.7 Å². The van der Waals surface area contributed by atoms with Gasteiger partial charge in [-0.05, 0) is 62.7 Å². The molecule has 1 aromatic heterocycles. The van der Waals surface area contributed by atoms with Crippen molar-refractivity contribution in [3.63, 3.8) is 0 Å². The van der Waals surface area contributed by atoms with E-state index in [2.05, 4.69) is 56.1 Å². The highest BCUT2D eigenvalue weighted by molar-refractivity contribution is 9.10. The van der Waals surface area contributed by atoms with Crippen molar-refractivity contribution < 1.29 is 4.79 Å². The topological polar surface area (TPSA) is 46.4 Å². The SMILES string of the molecule is Cc1ccccc1C(=O)N/N=C/c1cc(C)n(-c2ccc(Br)cc2)c1C. The summed E-state index contributed by atoms with van der Waals surface area (Å²) in [5, 5.41) is 4.14. The monoisotopic (exact) mass is 409 g/mol. The molecule has 1 heterocycles. The molecule has 0 atom stereocenters. The first-order valence-electron chi connectivity index (χ1n) is 8.31. The zero-order chi connectivity index (χ0) is 18.7. The van der Waals surface area contributed by atoms with Crippen LogP contribution in [0.15, 0.2) is 64.2 Å². The van der Waals surface area contributed by atoms with Crippen molar-refractivity contribution in [1.82, 2.24) is 9.99 Å². The number of hydrogen-bond acceptors (Lipinski definition) is 2. The second kappa shape index (κ2) is 7.70. The van der Waals surface area contributed by atoms with Crippen LogP contribution in [0.25, 0.3) is 5.69 Å². The molecule has 0 spiro atoms. The minimum atomic E-state index is -0.207. The number of aryl methyl sites for hydroxylation is 2. The Hall–Kier alpha value is -2.66. The van der Waals surface area contributed by atoms with Crippen LogP contribution in [0.2, 0.25) is 0 Å². The van der Waals surface area contributed by atoms with E-state index < -0.39 is 0 Å². The third-order valence-corrected chi connectivity index (χ3v) is 4.84. The fourth-order valence-corrected chi connectivity index (χ4v) is 3.22. The second-order valence-corrected chi connectivity index (χ2v) is 7.07. The van der Waals surface area contributed by atoms with E-state index in [9.17, 15) is 4.79 Å². The van der Waals surface area contributed by atoms with Gasteiger partial charge in [-0.2, -0.15) is 5.10 Å². The molecule has 0 unspecified atom stereocenters. The first-order chi connectivity index (χ1) is 12.5. The van der Waals surface area contributed by atoms with E-state index in [0.29, 0.717) is 5.56 Å². The van der Waals surface area contributed by atoms with Crippen LogP contribution >= 0.6 is 15.9 Å². The van der Waals surface area contributed by atoms with E-state index in [-0.39, 0.29) is 5.91 Å². The van der Waals surface area contributed by atoms with E-state index in [1.165, 1.54) is 0 Å². The van der Waals surface area contributed by atoms with Gasteiger partial charge in [0.25, 0.3) is 5.91 Å². The molecule has 0 saturated heterocycles. The summed E-state index contributed by atoms with van der Waals surface area (Å²) in [5.74, 6) is -0.207. The van der Waals surface area contributed by atoms with Gasteiger partial charge in [0.05, 0.1) is 6.21 Å². The van der Waals surface area contributed by atoms with Gasteiger partial charge in [0.1, 0.15) is 0 Å². The maximum Gasteiger partial charge on any atom is 0.271 e. The Bertz CT molecular complexity index is 971. The highest BCUT2D eigenvalue weighted by Gasteiger charge is 2.10. The average molecular weight is 410 g/mol. The molecule has 0 aliphatic carbocycles. The minimum Gasteiger partial charge on any atom is -0.318 e. The molecular weight excluding hydrogens is 390 g/mol. The molecule has 1 amide bonds. The first kappa shape index (κ1) is 18.1. The highest BCUT2D eigenvalue weighted by Crippen LogP contribution is 2.21. The van der Waals surface area contributed by atoms with Crippen LogP contribution in [0.1, 0.15) is 32.9 Å². The van der Waals surface area contributed by atoms with Crippen LogP contribution in [-0.2, 0) is 0 Å². The molecule has 0 radical (unpaired) electrons. The van der Waals surface area contributed by atoms with E-state index >= 15 is 0 Å². The quantitative estimate of drug-likeness (QED) is 0.481. The summed E-state index contributed by atoms with van der Waals surface area (Å²) in [6.45, 7) is 6.00. The lowest BCUT2D eigenvalue weighted by molar-refractivity contribution is 0.0954. The molecule has 0 bridgehead atoms. The molecule has 5 heteroatoms. The Labute approximate surface area is 161 Å². The first-order valence-corrected chi connectivity index (χ1v) is 9.10. The lowest BCUT2D eigenvalue weighted by atomic mass is 10.1. The molecule has 3 aromatic rings. The van der Waals surface area contributed by atoms with Gasteiger partial charge in [0.15, 0.2) is 0 Å². The van der Waals surface area contributed by atoms with Gasteiger partial charge in [-0.3, -0.25) is 4.79 Å². The number of carbonyl (C=O) groups excluding carboxylic acids is 1. The summed E-state index contributed by atoms with van der Waals surface area (Å²) in [6, 6.07) is 17.7. The van der Waals surface area contributed by atoms with Gasteiger partial charge in [-0.1, -0.05) is 34.1 Å². The summed E-state index contributed by atoms with van der Waals surface area (Å²) in [6.07, 6.45) is 1.69. The lowest BCUT2D eigenvalue weighted by Crippen LogP contribution is -2.18. The molecule has 0 fully saturated rings. The summed E-state index contributed by atoms with van der Waals surface area (Å²) >= 11 is 3.46. The fourth-order valence-electron chi connectivity index (χ4n) is 2.95. The van der Waals surface area contributed by atoms with Gasteiger partial charge in [-0.15, -0.1) is 0 Å². The van der Waals surface area contributed by atoms with E-state index in [1.54, 1.807) is 12.3 Å². The van der Waals surface area contributed by atoms with Crippen molar-refractivity contribution in [3.05, 3.63) is 87.1 Å². The number of hydrogen-bond donors (Lipinski definition) is 1. The molecule has 2 aromatic carbocycles. The predicted octanol–water partition coefficient (Wildman–Crippen LogP) is 4.93. The standard InChI is InChI=1S/C21H20BrN3O/c1-14-6-4-5-7-20(14)21(26)24-23-13-17-12-15(2)25(16(17)3)19-10-8-18(22)9-11-19/h4-13H,1-3H3,(H,24,26)/b23-13+. The number of benzene rings is 2. The average Bonchev–Trinajstić information content (AvgIpc) is 2.90. The second-order valence-electron chi connectivity index (χ2n) is 6.15. The van der Waals surface area contributed by atoms with Crippen molar-refractivity contribution in [2.24, 2.45) is 5.10 Å². The number of rotatable bonds is 4. The molecule has 3 rings (SSSR count). The van der Waals surface area contributed by atoms with Crippen molar-refractivity contribution in [3.8, 4) is 5.69 Å².